The summed E-state index contributed by atoms with van der Waals surface area (Å²) in [6, 6.07) is 0.292. The van der Waals surface area contributed by atoms with Gasteiger partial charge in [0.2, 0.25) is 11.8 Å². The van der Waals surface area contributed by atoms with Gasteiger partial charge in [-0.2, -0.15) is 0 Å². The molecule has 0 aromatic heterocycles. The molecule has 1 atom stereocenters. The molecule has 0 aromatic carbocycles. The molecule has 0 unspecified atom stereocenters. The van der Waals surface area contributed by atoms with Crippen LogP contribution < -0.4 is 5.73 Å². The van der Waals surface area contributed by atoms with Crippen molar-refractivity contribution in [1.29, 1.82) is 0 Å². The highest BCUT2D eigenvalue weighted by atomic mass is 16.2. The Morgan fingerprint density at radius 2 is 1.71 bits per heavy atom. The van der Waals surface area contributed by atoms with Crippen LogP contribution >= 0.6 is 0 Å². The van der Waals surface area contributed by atoms with Gasteiger partial charge in [-0.05, 0) is 52.4 Å². The minimum absolute atomic E-state index is 0.125. The first kappa shape index (κ1) is 17.6. The molecule has 1 radical (unpaired) electrons. The molecule has 2 N–H and O–H groups in total. The molecule has 7 nitrogen and oxygen atoms in total. The van der Waals surface area contributed by atoms with Crippen LogP contribution in [-0.4, -0.2) is 103 Å². The number of likely N-dealkylation sites (tertiary alicyclic amines) is 2. The molecular formula is C17H30N5O2. The van der Waals surface area contributed by atoms with E-state index in [1.807, 2.05) is 16.2 Å². The molecule has 0 aliphatic carbocycles. The molecule has 7 heteroatoms. The monoisotopic (exact) mass is 336 g/mol. The fourth-order valence-corrected chi connectivity index (χ4v) is 4.13. The van der Waals surface area contributed by atoms with Crippen LogP contribution in [0, 0.1) is 6.42 Å². The highest BCUT2D eigenvalue weighted by Crippen LogP contribution is 2.19. The quantitative estimate of drug-likeness (QED) is 0.712. The summed E-state index contributed by atoms with van der Waals surface area (Å²) in [6.45, 7) is 6.91. The summed E-state index contributed by atoms with van der Waals surface area (Å²) in [5.41, 5.74) is 5.41. The molecular weight excluding hydrogens is 306 g/mol. The minimum Gasteiger partial charge on any atom is -0.368 e. The number of rotatable bonds is 4. The maximum atomic E-state index is 12.5. The van der Waals surface area contributed by atoms with Gasteiger partial charge in [0.25, 0.3) is 0 Å². The van der Waals surface area contributed by atoms with Gasteiger partial charge in [-0.25, -0.2) is 0 Å². The van der Waals surface area contributed by atoms with Gasteiger partial charge in [-0.1, -0.05) is 0 Å². The molecule has 0 saturated carbocycles. The van der Waals surface area contributed by atoms with Crippen molar-refractivity contribution in [3.05, 3.63) is 6.42 Å². The van der Waals surface area contributed by atoms with E-state index in [-0.39, 0.29) is 17.9 Å². The SMILES string of the molecule is CN1CCC(N2CCN(C(=O)CN3CC[CH][C@@H]3C(N)=O)CC2)CC1. The van der Waals surface area contributed by atoms with E-state index in [2.05, 4.69) is 16.8 Å². The van der Waals surface area contributed by atoms with E-state index in [4.69, 9.17) is 5.73 Å². The first-order valence-corrected chi connectivity index (χ1v) is 9.11. The third kappa shape index (κ3) is 4.07. The Hall–Kier alpha value is -1.18. The Balaban J connectivity index is 1.44. The van der Waals surface area contributed by atoms with E-state index >= 15 is 0 Å². The third-order valence-electron chi connectivity index (χ3n) is 5.70. The van der Waals surface area contributed by atoms with Gasteiger partial charge in [0.05, 0.1) is 12.6 Å². The Morgan fingerprint density at radius 1 is 1.04 bits per heavy atom. The summed E-state index contributed by atoms with van der Waals surface area (Å²) in [6.07, 6.45) is 5.20. The van der Waals surface area contributed by atoms with Crippen molar-refractivity contribution in [2.24, 2.45) is 5.73 Å². The first-order chi connectivity index (χ1) is 11.5. The van der Waals surface area contributed by atoms with Crippen LogP contribution in [0.4, 0.5) is 0 Å². The summed E-state index contributed by atoms with van der Waals surface area (Å²) in [5.74, 6) is -0.230. The summed E-state index contributed by atoms with van der Waals surface area (Å²) in [7, 11) is 2.18. The van der Waals surface area contributed by atoms with Crippen molar-refractivity contribution < 1.29 is 9.59 Å². The van der Waals surface area contributed by atoms with Gasteiger partial charge in [0.1, 0.15) is 0 Å². The molecule has 2 amide bonds. The average molecular weight is 336 g/mol. The second kappa shape index (κ2) is 7.80. The van der Waals surface area contributed by atoms with Crippen LogP contribution in [0.25, 0.3) is 0 Å². The maximum Gasteiger partial charge on any atom is 0.236 e. The molecule has 135 valence electrons. The van der Waals surface area contributed by atoms with Crippen molar-refractivity contribution in [3.63, 3.8) is 0 Å². The Kier molecular flexibility index (Phi) is 5.73. The van der Waals surface area contributed by atoms with E-state index in [9.17, 15) is 9.59 Å². The summed E-state index contributed by atoms with van der Waals surface area (Å²) in [4.78, 5) is 32.7. The Bertz CT molecular complexity index is 456. The second-order valence-electron chi connectivity index (χ2n) is 7.29. The molecule has 3 saturated heterocycles. The predicted molar refractivity (Wildman–Crippen MR) is 92.1 cm³/mol. The average Bonchev–Trinajstić information content (AvgIpc) is 3.04. The zero-order valence-corrected chi connectivity index (χ0v) is 14.7. The van der Waals surface area contributed by atoms with Crippen molar-refractivity contribution >= 4 is 11.8 Å². The number of hydrogen-bond acceptors (Lipinski definition) is 5. The normalized spacial score (nSPS) is 28.4. The van der Waals surface area contributed by atoms with Crippen molar-refractivity contribution in [2.45, 2.75) is 31.3 Å². The lowest BCUT2D eigenvalue weighted by Gasteiger charge is -2.42. The fraction of sp³-hybridized carbons (Fsp3) is 0.824. The predicted octanol–water partition coefficient (Wildman–Crippen LogP) is -1.01. The van der Waals surface area contributed by atoms with E-state index in [1.54, 1.807) is 0 Å². The highest BCUT2D eigenvalue weighted by Gasteiger charge is 2.33. The van der Waals surface area contributed by atoms with Crippen molar-refractivity contribution in [1.82, 2.24) is 19.6 Å². The molecule has 0 spiro atoms. The number of primary amides is 1. The molecule has 3 aliphatic heterocycles. The van der Waals surface area contributed by atoms with Gasteiger partial charge in [-0.3, -0.25) is 19.4 Å². The molecule has 0 bridgehead atoms. The topological polar surface area (TPSA) is 73.1 Å². The van der Waals surface area contributed by atoms with Crippen molar-refractivity contribution in [2.75, 3.05) is 59.4 Å². The molecule has 3 aliphatic rings. The van der Waals surface area contributed by atoms with Crippen LogP contribution in [0.15, 0.2) is 0 Å². The van der Waals surface area contributed by atoms with Crippen LogP contribution in [0.2, 0.25) is 0 Å². The minimum atomic E-state index is -0.380. The van der Waals surface area contributed by atoms with Crippen LogP contribution in [-0.2, 0) is 9.59 Å². The Morgan fingerprint density at radius 3 is 2.33 bits per heavy atom. The van der Waals surface area contributed by atoms with Crippen molar-refractivity contribution in [3.8, 4) is 0 Å². The number of piperidine rings is 1. The lowest BCUT2D eigenvalue weighted by molar-refractivity contribution is -0.135. The lowest BCUT2D eigenvalue weighted by atomic mass is 10.0. The maximum absolute atomic E-state index is 12.5. The molecule has 3 heterocycles. The molecule has 0 aromatic rings. The Labute approximate surface area is 144 Å². The fourth-order valence-electron chi connectivity index (χ4n) is 4.13. The number of carbonyl (C=O) groups is 2. The summed E-state index contributed by atoms with van der Waals surface area (Å²) in [5, 5.41) is 0. The van der Waals surface area contributed by atoms with Gasteiger partial charge in [0, 0.05) is 32.2 Å². The van der Waals surface area contributed by atoms with Gasteiger partial charge in [0.15, 0.2) is 0 Å². The third-order valence-corrected chi connectivity index (χ3v) is 5.70. The van der Waals surface area contributed by atoms with Gasteiger partial charge in [-0.15, -0.1) is 0 Å². The first-order valence-electron chi connectivity index (χ1n) is 9.11. The molecule has 3 fully saturated rings. The smallest absolute Gasteiger partial charge is 0.236 e. The largest absolute Gasteiger partial charge is 0.368 e. The van der Waals surface area contributed by atoms with Crippen LogP contribution in [0.3, 0.4) is 0 Å². The number of amides is 2. The van der Waals surface area contributed by atoms with Gasteiger partial charge < -0.3 is 15.5 Å². The molecule has 3 rings (SSSR count). The van der Waals surface area contributed by atoms with E-state index in [0.717, 1.165) is 39.1 Å². The van der Waals surface area contributed by atoms with Gasteiger partial charge >= 0.3 is 0 Å². The number of hydrogen-bond donors (Lipinski definition) is 1. The zero-order chi connectivity index (χ0) is 17.1. The van der Waals surface area contributed by atoms with Crippen LogP contribution in [0.1, 0.15) is 19.3 Å². The number of nitrogens with two attached hydrogens (primary N) is 1. The standard InChI is InChI=1S/C17H30N5O2/c1-19-7-4-14(5-8-19)20-9-11-21(12-10-20)16(23)13-22-6-2-3-15(22)17(18)24/h3,14-15H,2,4-13H2,1H3,(H2,18,24)/t15-/m1/s1. The number of nitrogens with zero attached hydrogens (tertiary/aromatic N) is 4. The van der Waals surface area contributed by atoms with Crippen LogP contribution in [0.5, 0.6) is 0 Å². The number of carbonyl (C=O) groups excluding carboxylic acids is 2. The molecule has 24 heavy (non-hydrogen) atoms. The second-order valence-corrected chi connectivity index (χ2v) is 7.29. The number of piperazine rings is 1. The lowest BCUT2D eigenvalue weighted by Crippen LogP contribution is -2.55. The highest BCUT2D eigenvalue weighted by molar-refractivity contribution is 5.84. The summed E-state index contributed by atoms with van der Waals surface area (Å²) >= 11 is 0. The van der Waals surface area contributed by atoms with E-state index < -0.39 is 0 Å². The van der Waals surface area contributed by atoms with E-state index in [1.165, 1.54) is 25.9 Å². The van der Waals surface area contributed by atoms with E-state index in [0.29, 0.717) is 12.6 Å². The summed E-state index contributed by atoms with van der Waals surface area (Å²) < 4.78 is 0. The zero-order valence-electron chi connectivity index (χ0n) is 14.7.